The number of nitrogens with zero attached hydrogens (tertiary/aromatic N) is 1. The number of hydrogen-bond acceptors (Lipinski definition) is 5. The monoisotopic (exact) mass is 391 g/mol. The molecule has 2 fully saturated rings. The molecule has 7 heteroatoms. The highest BCUT2D eigenvalue weighted by molar-refractivity contribution is 5.95. The van der Waals surface area contributed by atoms with Crippen LogP contribution in [0, 0.1) is 19.3 Å². The molecule has 1 aliphatic carbocycles. The lowest BCUT2D eigenvalue weighted by molar-refractivity contribution is -0.180. The largest absolute Gasteiger partial charge is 0.466 e. The Labute approximate surface area is 167 Å². The third-order valence-corrected chi connectivity index (χ3v) is 6.61. The smallest absolute Gasteiger partial charge is 0.255 e. The van der Waals surface area contributed by atoms with Crippen molar-refractivity contribution in [2.75, 3.05) is 19.7 Å². The number of hydrogen-bond donors (Lipinski definition) is 2. The maximum absolute atomic E-state index is 13.1. The van der Waals surface area contributed by atoms with E-state index in [1.807, 2.05) is 32.6 Å². The van der Waals surface area contributed by atoms with E-state index in [2.05, 4.69) is 5.32 Å². The van der Waals surface area contributed by atoms with Gasteiger partial charge in [0.2, 0.25) is 5.91 Å². The number of carbonyl (C=O) groups excluding carboxylic acids is 2. The maximum atomic E-state index is 13.1. The minimum absolute atomic E-state index is 0.000432. The first-order chi connectivity index (χ1) is 13.1. The van der Waals surface area contributed by atoms with Gasteiger partial charge in [0.1, 0.15) is 17.1 Å². The summed E-state index contributed by atoms with van der Waals surface area (Å²) in [4.78, 5) is 27.4. The van der Waals surface area contributed by atoms with Crippen LogP contribution >= 0.6 is 0 Å². The van der Waals surface area contributed by atoms with Gasteiger partial charge in [0, 0.05) is 37.6 Å². The molecule has 1 aromatic heterocycles. The average Bonchev–Trinajstić information content (AvgIpc) is 2.99. The first-order valence-electron chi connectivity index (χ1n) is 10.2. The molecule has 156 valence electrons. The second-order valence-electron chi connectivity index (χ2n) is 8.71. The number of furan rings is 1. The topological polar surface area (TPSA) is 97.8 Å². The number of rotatable bonds is 5. The van der Waals surface area contributed by atoms with Crippen molar-refractivity contribution in [1.29, 1.82) is 0 Å². The Kier molecular flexibility index (Phi) is 5.60. The number of nitrogens with two attached hydrogens (primary N) is 1. The summed E-state index contributed by atoms with van der Waals surface area (Å²) in [7, 11) is 0. The molecule has 0 radical (unpaired) electrons. The molecule has 2 atom stereocenters. The third kappa shape index (κ3) is 3.46. The molecule has 0 spiro atoms. The third-order valence-electron chi connectivity index (χ3n) is 6.61. The van der Waals surface area contributed by atoms with E-state index >= 15 is 0 Å². The van der Waals surface area contributed by atoms with Crippen molar-refractivity contribution in [3.63, 3.8) is 0 Å². The van der Waals surface area contributed by atoms with Gasteiger partial charge in [-0.05, 0) is 39.7 Å². The van der Waals surface area contributed by atoms with Crippen LogP contribution in [0.2, 0.25) is 0 Å². The second-order valence-corrected chi connectivity index (χ2v) is 8.71. The molecule has 2 unspecified atom stereocenters. The van der Waals surface area contributed by atoms with Crippen LogP contribution in [0.5, 0.6) is 0 Å². The fraction of sp³-hybridized carbons (Fsp3) is 0.714. The molecule has 0 aromatic carbocycles. The number of ether oxygens (including phenoxy) is 1. The number of piperidine rings is 1. The number of carbonyl (C=O) groups is 2. The molecule has 1 aliphatic heterocycles. The summed E-state index contributed by atoms with van der Waals surface area (Å²) in [6.07, 6.45) is 2.02. The van der Waals surface area contributed by atoms with Crippen LogP contribution in [0.4, 0.5) is 0 Å². The summed E-state index contributed by atoms with van der Waals surface area (Å²) in [5.41, 5.74) is 5.85. The molecule has 3 N–H and O–H groups in total. The second kappa shape index (κ2) is 7.52. The quantitative estimate of drug-likeness (QED) is 0.801. The first kappa shape index (κ1) is 20.9. The highest BCUT2D eigenvalue weighted by Gasteiger charge is 2.63. The van der Waals surface area contributed by atoms with Crippen LogP contribution in [0.3, 0.4) is 0 Å². The Morgan fingerprint density at radius 1 is 1.32 bits per heavy atom. The lowest BCUT2D eigenvalue weighted by Crippen LogP contribution is -2.76. The van der Waals surface area contributed by atoms with Crippen molar-refractivity contribution in [2.45, 2.75) is 71.6 Å². The summed E-state index contributed by atoms with van der Waals surface area (Å²) >= 11 is 0. The highest BCUT2D eigenvalue weighted by atomic mass is 16.5. The van der Waals surface area contributed by atoms with Gasteiger partial charge in [-0.1, -0.05) is 13.8 Å². The summed E-state index contributed by atoms with van der Waals surface area (Å²) in [5.74, 6) is 1.24. The van der Waals surface area contributed by atoms with Crippen molar-refractivity contribution >= 4 is 11.8 Å². The Hall–Kier alpha value is -1.86. The Morgan fingerprint density at radius 3 is 2.46 bits per heavy atom. The summed E-state index contributed by atoms with van der Waals surface area (Å²) < 4.78 is 11.2. The van der Waals surface area contributed by atoms with Gasteiger partial charge >= 0.3 is 0 Å². The van der Waals surface area contributed by atoms with Gasteiger partial charge in [0.15, 0.2) is 0 Å². The van der Waals surface area contributed by atoms with Crippen LogP contribution in [-0.4, -0.2) is 54.1 Å². The highest BCUT2D eigenvalue weighted by Crippen LogP contribution is 2.50. The van der Waals surface area contributed by atoms with E-state index in [1.165, 1.54) is 0 Å². The number of nitrogens with one attached hydrogen (secondary N) is 1. The summed E-state index contributed by atoms with van der Waals surface area (Å²) in [6, 6.07) is 1.81. The van der Waals surface area contributed by atoms with E-state index in [4.69, 9.17) is 14.9 Å². The van der Waals surface area contributed by atoms with Gasteiger partial charge in [-0.3, -0.25) is 9.59 Å². The standard InChI is InChI=1S/C21H33N3O4/c1-6-27-17-12-21(22,20(17,4)5)19(26)24-9-7-15(8-10-24)23-18(25)16-11-13(2)28-14(16)3/h11,15,17H,6-10,12,22H2,1-5H3,(H,23,25). The maximum Gasteiger partial charge on any atom is 0.255 e. The zero-order chi connectivity index (χ0) is 20.7. The normalized spacial score (nSPS) is 27.4. The number of likely N-dealkylation sites (tertiary alicyclic amines) is 1. The summed E-state index contributed by atoms with van der Waals surface area (Å²) in [6.45, 7) is 11.4. The minimum atomic E-state index is -0.881. The van der Waals surface area contributed by atoms with Crippen molar-refractivity contribution in [1.82, 2.24) is 10.2 Å². The Bertz CT molecular complexity index is 749. The van der Waals surface area contributed by atoms with E-state index in [9.17, 15) is 9.59 Å². The van der Waals surface area contributed by atoms with E-state index < -0.39 is 5.54 Å². The van der Waals surface area contributed by atoms with E-state index in [0.29, 0.717) is 37.4 Å². The van der Waals surface area contributed by atoms with Crippen LogP contribution in [-0.2, 0) is 9.53 Å². The molecule has 2 aliphatic rings. The predicted octanol–water partition coefficient (Wildman–Crippen LogP) is 2.15. The van der Waals surface area contributed by atoms with Crippen LogP contribution in [0.1, 0.15) is 61.9 Å². The van der Waals surface area contributed by atoms with Crippen LogP contribution in [0.25, 0.3) is 0 Å². The average molecular weight is 392 g/mol. The minimum Gasteiger partial charge on any atom is -0.466 e. The number of amides is 2. The van der Waals surface area contributed by atoms with Crippen LogP contribution in [0.15, 0.2) is 10.5 Å². The molecule has 3 rings (SSSR count). The van der Waals surface area contributed by atoms with Gasteiger partial charge in [-0.15, -0.1) is 0 Å². The molecule has 0 bridgehead atoms. The van der Waals surface area contributed by atoms with Gasteiger partial charge in [-0.2, -0.15) is 0 Å². The van der Waals surface area contributed by atoms with Gasteiger partial charge < -0.3 is 25.1 Å². The Balaban J connectivity index is 1.55. The fourth-order valence-corrected chi connectivity index (χ4v) is 4.43. The molecule has 28 heavy (non-hydrogen) atoms. The van der Waals surface area contributed by atoms with Crippen LogP contribution < -0.4 is 11.1 Å². The predicted molar refractivity (Wildman–Crippen MR) is 106 cm³/mol. The number of aryl methyl sites for hydroxylation is 2. The molecular formula is C21H33N3O4. The first-order valence-corrected chi connectivity index (χ1v) is 10.2. The van der Waals surface area contributed by atoms with Crippen molar-refractivity contribution in [2.24, 2.45) is 11.1 Å². The lowest BCUT2D eigenvalue weighted by Gasteiger charge is -2.59. The SMILES string of the molecule is CCOC1CC(N)(C(=O)N2CCC(NC(=O)c3cc(C)oc3C)CC2)C1(C)C. The van der Waals surface area contributed by atoms with Gasteiger partial charge in [0.25, 0.3) is 5.91 Å². The molecule has 1 aromatic rings. The molecule has 1 saturated carbocycles. The molecular weight excluding hydrogens is 358 g/mol. The zero-order valence-corrected chi connectivity index (χ0v) is 17.6. The van der Waals surface area contributed by atoms with Crippen molar-refractivity contribution in [3.05, 3.63) is 23.2 Å². The van der Waals surface area contributed by atoms with Gasteiger partial charge in [0.05, 0.1) is 11.7 Å². The van der Waals surface area contributed by atoms with Crippen molar-refractivity contribution < 1.29 is 18.7 Å². The Morgan fingerprint density at radius 2 is 1.96 bits per heavy atom. The fourth-order valence-electron chi connectivity index (χ4n) is 4.43. The lowest BCUT2D eigenvalue weighted by atomic mass is 9.54. The molecule has 2 heterocycles. The van der Waals surface area contributed by atoms with E-state index in [-0.39, 0.29) is 29.4 Å². The van der Waals surface area contributed by atoms with Gasteiger partial charge in [-0.25, -0.2) is 0 Å². The molecule has 7 nitrogen and oxygen atoms in total. The van der Waals surface area contributed by atoms with E-state index in [1.54, 1.807) is 13.0 Å². The zero-order valence-electron chi connectivity index (χ0n) is 17.6. The van der Waals surface area contributed by atoms with Crippen molar-refractivity contribution in [3.8, 4) is 0 Å². The molecule has 1 saturated heterocycles. The summed E-state index contributed by atoms with van der Waals surface area (Å²) in [5, 5.41) is 3.07. The molecule has 2 amide bonds. The van der Waals surface area contributed by atoms with E-state index in [0.717, 1.165) is 18.6 Å².